The quantitative estimate of drug-likeness (QED) is 0.796. The molecule has 1 aromatic rings. The molecule has 1 fully saturated rings. The van der Waals surface area contributed by atoms with Gasteiger partial charge in [0, 0.05) is 31.9 Å². The zero-order valence-electron chi connectivity index (χ0n) is 10.7. The number of nitrogens with one attached hydrogen (secondary N) is 1. The Kier molecular flexibility index (Phi) is 3.98. The van der Waals surface area contributed by atoms with Crippen LogP contribution in [0.25, 0.3) is 0 Å². The molecule has 0 aliphatic carbocycles. The van der Waals surface area contributed by atoms with Gasteiger partial charge in [0.25, 0.3) is 0 Å². The Morgan fingerprint density at radius 1 is 1.67 bits per heavy atom. The first-order valence-corrected chi connectivity index (χ1v) is 6.14. The number of hydrogen-bond donors (Lipinski definition) is 2. The molecule has 2 N–H and O–H groups in total. The molecule has 0 spiro atoms. The zero-order valence-corrected chi connectivity index (χ0v) is 10.7. The summed E-state index contributed by atoms with van der Waals surface area (Å²) in [6.45, 7) is 3.39. The Bertz CT molecular complexity index is 430. The summed E-state index contributed by atoms with van der Waals surface area (Å²) in [7, 11) is 1.90. The Morgan fingerprint density at radius 2 is 2.44 bits per heavy atom. The molecule has 1 aromatic heterocycles. The molecule has 100 valence electrons. The molecule has 1 saturated heterocycles. The van der Waals surface area contributed by atoms with Gasteiger partial charge in [0.2, 0.25) is 0 Å². The molecule has 1 aliphatic heterocycles. The predicted molar refractivity (Wildman–Crippen MR) is 65.2 cm³/mol. The van der Waals surface area contributed by atoms with Crippen molar-refractivity contribution in [3.8, 4) is 0 Å². The molecular formula is C12H19N3O3. The van der Waals surface area contributed by atoms with Gasteiger partial charge in [0.15, 0.2) is 6.10 Å². The second-order valence-corrected chi connectivity index (χ2v) is 4.71. The van der Waals surface area contributed by atoms with Gasteiger partial charge in [-0.05, 0) is 19.8 Å². The van der Waals surface area contributed by atoms with Gasteiger partial charge < -0.3 is 15.2 Å². The van der Waals surface area contributed by atoms with Crippen molar-refractivity contribution in [1.29, 1.82) is 0 Å². The Morgan fingerprint density at radius 3 is 3.00 bits per heavy atom. The van der Waals surface area contributed by atoms with Crippen LogP contribution in [0.1, 0.15) is 24.1 Å². The second-order valence-electron chi connectivity index (χ2n) is 4.71. The van der Waals surface area contributed by atoms with Crippen LogP contribution in [0.15, 0.2) is 6.20 Å². The number of hydrogen-bond acceptors (Lipinski definition) is 4. The lowest BCUT2D eigenvalue weighted by atomic mass is 10.2. The van der Waals surface area contributed by atoms with Crippen molar-refractivity contribution in [2.75, 3.05) is 6.54 Å². The van der Waals surface area contributed by atoms with Crippen molar-refractivity contribution in [2.24, 2.45) is 7.05 Å². The summed E-state index contributed by atoms with van der Waals surface area (Å²) < 4.78 is 7.20. The number of rotatable bonds is 5. The van der Waals surface area contributed by atoms with Crippen LogP contribution >= 0.6 is 0 Å². The second kappa shape index (κ2) is 5.49. The van der Waals surface area contributed by atoms with Crippen molar-refractivity contribution in [2.45, 2.75) is 38.5 Å². The minimum absolute atomic E-state index is 0.00285. The predicted octanol–water partition coefficient (Wildman–Crippen LogP) is 0.450. The highest BCUT2D eigenvalue weighted by Crippen LogP contribution is 2.19. The third kappa shape index (κ3) is 3.08. The van der Waals surface area contributed by atoms with Gasteiger partial charge in [-0.25, -0.2) is 4.79 Å². The largest absolute Gasteiger partial charge is 0.479 e. The minimum atomic E-state index is -0.861. The Labute approximate surface area is 106 Å². The number of aromatic nitrogens is 2. The van der Waals surface area contributed by atoms with Crippen molar-refractivity contribution in [1.82, 2.24) is 15.1 Å². The first-order valence-electron chi connectivity index (χ1n) is 6.14. The highest BCUT2D eigenvalue weighted by atomic mass is 16.5. The van der Waals surface area contributed by atoms with E-state index in [9.17, 15) is 4.79 Å². The third-order valence-corrected chi connectivity index (χ3v) is 3.19. The van der Waals surface area contributed by atoms with E-state index in [1.165, 1.54) is 0 Å². The fraction of sp³-hybridized carbons (Fsp3) is 0.667. The Hall–Kier alpha value is -1.40. The number of aryl methyl sites for hydroxylation is 2. The van der Waals surface area contributed by atoms with Crippen LogP contribution in [-0.4, -0.2) is 39.6 Å². The maximum Gasteiger partial charge on any atom is 0.332 e. The number of carboxylic acids is 1. The molecule has 2 atom stereocenters. The molecule has 0 saturated carbocycles. The number of ether oxygens (including phenoxy) is 1. The Balaban J connectivity index is 1.73. The van der Waals surface area contributed by atoms with Gasteiger partial charge >= 0.3 is 5.97 Å². The molecule has 18 heavy (non-hydrogen) atoms. The molecule has 2 heterocycles. The summed E-state index contributed by atoms with van der Waals surface area (Å²) >= 11 is 0. The summed E-state index contributed by atoms with van der Waals surface area (Å²) in [5.74, 6) is -0.861. The van der Waals surface area contributed by atoms with E-state index in [0.717, 1.165) is 24.2 Å². The summed E-state index contributed by atoms with van der Waals surface area (Å²) in [6, 6.07) is 0. The van der Waals surface area contributed by atoms with Crippen molar-refractivity contribution in [3.63, 3.8) is 0 Å². The van der Waals surface area contributed by atoms with E-state index in [4.69, 9.17) is 9.84 Å². The summed E-state index contributed by atoms with van der Waals surface area (Å²) in [5, 5.41) is 16.4. The van der Waals surface area contributed by atoms with Gasteiger partial charge in [-0.2, -0.15) is 5.10 Å². The highest BCUT2D eigenvalue weighted by molar-refractivity contribution is 5.72. The average molecular weight is 253 g/mol. The zero-order chi connectivity index (χ0) is 13.1. The maximum atomic E-state index is 10.7. The van der Waals surface area contributed by atoms with E-state index in [1.807, 2.05) is 20.2 Å². The van der Waals surface area contributed by atoms with E-state index < -0.39 is 12.1 Å². The lowest BCUT2D eigenvalue weighted by Gasteiger charge is -2.11. The van der Waals surface area contributed by atoms with Crippen LogP contribution in [0.3, 0.4) is 0 Å². The van der Waals surface area contributed by atoms with Gasteiger partial charge in [0.1, 0.15) is 0 Å². The molecular weight excluding hydrogens is 234 g/mol. The smallest absolute Gasteiger partial charge is 0.332 e. The number of carboxylic acid groups (broad SMARTS) is 1. The van der Waals surface area contributed by atoms with Crippen LogP contribution < -0.4 is 5.32 Å². The first-order chi connectivity index (χ1) is 8.56. The monoisotopic (exact) mass is 253 g/mol. The van der Waals surface area contributed by atoms with Crippen molar-refractivity contribution < 1.29 is 14.6 Å². The van der Waals surface area contributed by atoms with Crippen LogP contribution in [0, 0.1) is 6.92 Å². The highest BCUT2D eigenvalue weighted by Gasteiger charge is 2.29. The maximum absolute atomic E-state index is 10.7. The lowest BCUT2D eigenvalue weighted by Crippen LogP contribution is -2.28. The summed E-state index contributed by atoms with van der Waals surface area (Å²) in [4.78, 5) is 10.7. The molecule has 0 aromatic carbocycles. The lowest BCUT2D eigenvalue weighted by molar-refractivity contribution is -0.149. The van der Waals surface area contributed by atoms with Gasteiger partial charge in [0.05, 0.1) is 11.8 Å². The molecule has 0 radical (unpaired) electrons. The first kappa shape index (κ1) is 13.0. The van der Waals surface area contributed by atoms with Crippen LogP contribution in [0.2, 0.25) is 0 Å². The number of nitrogens with zero attached hydrogens (tertiary/aromatic N) is 2. The molecule has 1 aliphatic rings. The van der Waals surface area contributed by atoms with Gasteiger partial charge in [-0.1, -0.05) is 0 Å². The number of carbonyl (C=O) groups is 1. The van der Waals surface area contributed by atoms with Crippen molar-refractivity contribution in [3.05, 3.63) is 17.5 Å². The van der Waals surface area contributed by atoms with Gasteiger partial charge in [-0.15, -0.1) is 0 Å². The molecule has 0 amide bonds. The summed E-state index contributed by atoms with van der Waals surface area (Å²) in [6.07, 6.45) is 2.77. The van der Waals surface area contributed by atoms with Crippen LogP contribution in [0.4, 0.5) is 0 Å². The van der Waals surface area contributed by atoms with E-state index in [-0.39, 0.29) is 6.10 Å². The fourth-order valence-corrected chi connectivity index (χ4v) is 2.23. The molecule has 2 unspecified atom stereocenters. The SMILES string of the molecule is Cc1nn(C)cc1CNCC1CCC(C(=O)O)O1. The molecule has 2 rings (SSSR count). The standard InChI is InChI=1S/C12H19N3O3/c1-8-9(7-15(2)14-8)5-13-6-10-3-4-11(18-10)12(16)17/h7,10-11,13H,3-6H2,1-2H3,(H,16,17). The fourth-order valence-electron chi connectivity index (χ4n) is 2.23. The minimum Gasteiger partial charge on any atom is -0.479 e. The van der Waals surface area contributed by atoms with E-state index in [1.54, 1.807) is 4.68 Å². The van der Waals surface area contributed by atoms with E-state index in [2.05, 4.69) is 10.4 Å². The molecule has 6 nitrogen and oxygen atoms in total. The molecule has 0 bridgehead atoms. The average Bonchev–Trinajstić information content (AvgIpc) is 2.87. The van der Waals surface area contributed by atoms with E-state index >= 15 is 0 Å². The van der Waals surface area contributed by atoms with Crippen LogP contribution in [0.5, 0.6) is 0 Å². The third-order valence-electron chi connectivity index (χ3n) is 3.19. The normalized spacial score (nSPS) is 23.4. The molecule has 6 heteroatoms. The topological polar surface area (TPSA) is 76.4 Å². The van der Waals surface area contributed by atoms with E-state index in [0.29, 0.717) is 13.0 Å². The number of aliphatic carboxylic acids is 1. The van der Waals surface area contributed by atoms with Crippen molar-refractivity contribution >= 4 is 5.97 Å². The van der Waals surface area contributed by atoms with Crippen LogP contribution in [-0.2, 0) is 23.1 Å². The summed E-state index contributed by atoms with van der Waals surface area (Å²) in [5.41, 5.74) is 2.17. The van der Waals surface area contributed by atoms with Gasteiger partial charge in [-0.3, -0.25) is 4.68 Å².